The Morgan fingerprint density at radius 3 is 2.27 bits per heavy atom. The second kappa shape index (κ2) is 6.83. The highest BCUT2D eigenvalue weighted by molar-refractivity contribution is 5.69. The van der Waals surface area contributed by atoms with Crippen LogP contribution in [0.2, 0.25) is 0 Å². The van der Waals surface area contributed by atoms with E-state index in [2.05, 4.69) is 13.8 Å². The van der Waals surface area contributed by atoms with Gasteiger partial charge in [0.05, 0.1) is 13.0 Å². The average molecular weight is 216 g/mol. The van der Waals surface area contributed by atoms with E-state index in [-0.39, 0.29) is 5.97 Å². The van der Waals surface area contributed by atoms with Crippen molar-refractivity contribution in [2.75, 3.05) is 13.2 Å². The minimum atomic E-state index is -0.394. The van der Waals surface area contributed by atoms with E-state index < -0.39 is 5.60 Å². The standard InChI is InChI=1S/C12H24O3/c1-10(2)6-8-14-9-7-11(13)15-12(3,4)5/h10H,6-9H2,1-5H3. The molecule has 0 aromatic rings. The Hall–Kier alpha value is -0.570. The molecular formula is C12H24O3. The maximum absolute atomic E-state index is 11.3. The fourth-order valence-corrected chi connectivity index (χ4v) is 0.969. The van der Waals surface area contributed by atoms with Crippen LogP contribution in [0, 0.1) is 5.92 Å². The lowest BCUT2D eigenvalue weighted by molar-refractivity contribution is -0.156. The van der Waals surface area contributed by atoms with Gasteiger partial charge in [-0.3, -0.25) is 4.79 Å². The zero-order valence-corrected chi connectivity index (χ0v) is 10.6. The highest BCUT2D eigenvalue weighted by Gasteiger charge is 2.15. The molecule has 0 bridgehead atoms. The fourth-order valence-electron chi connectivity index (χ4n) is 0.969. The maximum Gasteiger partial charge on any atom is 0.308 e. The second-order valence-corrected chi connectivity index (χ2v) is 5.13. The van der Waals surface area contributed by atoms with Crippen LogP contribution in [-0.4, -0.2) is 24.8 Å². The summed E-state index contributed by atoms with van der Waals surface area (Å²) in [6.45, 7) is 11.1. The van der Waals surface area contributed by atoms with Crippen LogP contribution in [0.1, 0.15) is 47.5 Å². The molecule has 0 aliphatic heterocycles. The molecule has 0 aliphatic rings. The minimum absolute atomic E-state index is 0.188. The van der Waals surface area contributed by atoms with Crippen LogP contribution < -0.4 is 0 Å². The maximum atomic E-state index is 11.3. The van der Waals surface area contributed by atoms with Gasteiger partial charge in [-0.15, -0.1) is 0 Å². The Labute approximate surface area is 93.1 Å². The molecule has 0 radical (unpaired) electrons. The molecule has 0 fully saturated rings. The molecule has 0 aromatic carbocycles. The predicted molar refractivity (Wildman–Crippen MR) is 60.7 cm³/mol. The van der Waals surface area contributed by atoms with Crippen LogP contribution in [0.4, 0.5) is 0 Å². The number of hydrogen-bond acceptors (Lipinski definition) is 3. The predicted octanol–water partition coefficient (Wildman–Crippen LogP) is 2.78. The third kappa shape index (κ3) is 11.4. The quantitative estimate of drug-likeness (QED) is 0.506. The number of carbonyl (C=O) groups excluding carboxylic acids is 1. The lowest BCUT2D eigenvalue weighted by Gasteiger charge is -2.19. The number of carbonyl (C=O) groups is 1. The summed E-state index contributed by atoms with van der Waals surface area (Å²) in [6.07, 6.45) is 1.38. The van der Waals surface area contributed by atoms with Crippen LogP contribution in [0.3, 0.4) is 0 Å². The van der Waals surface area contributed by atoms with Crippen LogP contribution in [0.25, 0.3) is 0 Å². The smallest absolute Gasteiger partial charge is 0.308 e. The molecule has 0 unspecified atom stereocenters. The van der Waals surface area contributed by atoms with Gasteiger partial charge >= 0.3 is 5.97 Å². The highest BCUT2D eigenvalue weighted by atomic mass is 16.6. The Morgan fingerprint density at radius 1 is 1.20 bits per heavy atom. The van der Waals surface area contributed by atoms with Crippen LogP contribution in [-0.2, 0) is 14.3 Å². The summed E-state index contributed by atoms with van der Waals surface area (Å²) in [5.41, 5.74) is -0.394. The van der Waals surface area contributed by atoms with Crippen molar-refractivity contribution < 1.29 is 14.3 Å². The summed E-state index contributed by atoms with van der Waals surface area (Å²) in [7, 11) is 0. The molecule has 3 heteroatoms. The first-order valence-electron chi connectivity index (χ1n) is 5.61. The minimum Gasteiger partial charge on any atom is -0.460 e. The molecule has 0 atom stereocenters. The molecule has 0 saturated carbocycles. The molecule has 0 heterocycles. The SMILES string of the molecule is CC(C)CCOCCC(=O)OC(C)(C)C. The first kappa shape index (κ1) is 14.4. The van der Waals surface area contributed by atoms with Crippen molar-refractivity contribution in [1.82, 2.24) is 0 Å². The van der Waals surface area contributed by atoms with Crippen LogP contribution in [0.15, 0.2) is 0 Å². The first-order chi connectivity index (χ1) is 6.81. The molecule has 15 heavy (non-hydrogen) atoms. The number of esters is 1. The number of hydrogen-bond donors (Lipinski definition) is 0. The molecule has 0 aliphatic carbocycles. The molecule has 0 spiro atoms. The lowest BCUT2D eigenvalue weighted by atomic mass is 10.1. The zero-order valence-electron chi connectivity index (χ0n) is 10.6. The Bertz CT molecular complexity index is 180. The summed E-state index contributed by atoms with van der Waals surface area (Å²) < 4.78 is 10.5. The van der Waals surface area contributed by atoms with Gasteiger partial charge < -0.3 is 9.47 Å². The number of rotatable bonds is 6. The van der Waals surface area contributed by atoms with E-state index in [0.717, 1.165) is 13.0 Å². The Kier molecular flexibility index (Phi) is 6.57. The van der Waals surface area contributed by atoms with Crippen molar-refractivity contribution in [3.05, 3.63) is 0 Å². The van der Waals surface area contributed by atoms with E-state index in [1.807, 2.05) is 20.8 Å². The normalized spacial score (nSPS) is 11.9. The van der Waals surface area contributed by atoms with E-state index in [4.69, 9.17) is 9.47 Å². The summed E-state index contributed by atoms with van der Waals surface area (Å²) >= 11 is 0. The van der Waals surface area contributed by atoms with Crippen molar-refractivity contribution in [2.45, 2.75) is 53.1 Å². The van der Waals surface area contributed by atoms with Crippen molar-refractivity contribution in [2.24, 2.45) is 5.92 Å². The van der Waals surface area contributed by atoms with Crippen molar-refractivity contribution >= 4 is 5.97 Å². The molecule has 0 aromatic heterocycles. The third-order valence-electron chi connectivity index (χ3n) is 1.71. The van der Waals surface area contributed by atoms with E-state index in [1.165, 1.54) is 0 Å². The number of ether oxygens (including phenoxy) is 2. The Balaban J connectivity index is 3.40. The van der Waals surface area contributed by atoms with Crippen LogP contribution >= 0.6 is 0 Å². The second-order valence-electron chi connectivity index (χ2n) is 5.13. The summed E-state index contributed by atoms with van der Waals surface area (Å²) in [6, 6.07) is 0. The fraction of sp³-hybridized carbons (Fsp3) is 0.917. The molecule has 0 N–H and O–H groups in total. The van der Waals surface area contributed by atoms with Gasteiger partial charge in [-0.1, -0.05) is 13.8 Å². The molecule has 0 saturated heterocycles. The van der Waals surface area contributed by atoms with Gasteiger partial charge in [0.1, 0.15) is 5.60 Å². The van der Waals surface area contributed by atoms with Gasteiger partial charge in [-0.25, -0.2) is 0 Å². The van der Waals surface area contributed by atoms with Crippen LogP contribution in [0.5, 0.6) is 0 Å². The summed E-state index contributed by atoms with van der Waals surface area (Å²) in [4.78, 5) is 11.3. The topological polar surface area (TPSA) is 35.5 Å². The monoisotopic (exact) mass is 216 g/mol. The first-order valence-corrected chi connectivity index (χ1v) is 5.61. The van der Waals surface area contributed by atoms with E-state index in [9.17, 15) is 4.79 Å². The van der Waals surface area contributed by atoms with Gasteiger partial charge in [-0.05, 0) is 33.1 Å². The van der Waals surface area contributed by atoms with Crippen molar-refractivity contribution in [3.8, 4) is 0 Å². The summed E-state index contributed by atoms with van der Waals surface area (Å²) in [5.74, 6) is 0.457. The summed E-state index contributed by atoms with van der Waals surface area (Å²) in [5, 5.41) is 0. The molecule has 0 rings (SSSR count). The molecule has 0 amide bonds. The van der Waals surface area contributed by atoms with E-state index >= 15 is 0 Å². The third-order valence-corrected chi connectivity index (χ3v) is 1.71. The van der Waals surface area contributed by atoms with E-state index in [1.54, 1.807) is 0 Å². The van der Waals surface area contributed by atoms with Gasteiger partial charge in [0.2, 0.25) is 0 Å². The molecule has 90 valence electrons. The van der Waals surface area contributed by atoms with Gasteiger partial charge in [0, 0.05) is 6.61 Å². The Morgan fingerprint density at radius 2 is 1.80 bits per heavy atom. The largest absolute Gasteiger partial charge is 0.460 e. The molecule has 3 nitrogen and oxygen atoms in total. The van der Waals surface area contributed by atoms with Gasteiger partial charge in [-0.2, -0.15) is 0 Å². The molecular weight excluding hydrogens is 192 g/mol. The lowest BCUT2D eigenvalue weighted by Crippen LogP contribution is -2.24. The van der Waals surface area contributed by atoms with Crippen molar-refractivity contribution in [3.63, 3.8) is 0 Å². The van der Waals surface area contributed by atoms with Crippen molar-refractivity contribution in [1.29, 1.82) is 0 Å². The van der Waals surface area contributed by atoms with E-state index in [0.29, 0.717) is 18.9 Å². The van der Waals surface area contributed by atoms with Gasteiger partial charge in [0.25, 0.3) is 0 Å². The van der Waals surface area contributed by atoms with Gasteiger partial charge in [0.15, 0.2) is 0 Å². The average Bonchev–Trinajstić information content (AvgIpc) is 1.99. The highest BCUT2D eigenvalue weighted by Crippen LogP contribution is 2.08. The zero-order chi connectivity index (χ0) is 11.9.